The SMILES string of the molecule is Cc1cccc(NC(=O)CNc2ccccc2N2CCOCC2)c1C. The fraction of sp³-hybridized carbons (Fsp3) is 0.350. The van der Waals surface area contributed by atoms with Crippen LogP contribution < -0.4 is 15.5 Å². The van der Waals surface area contributed by atoms with Gasteiger partial charge in [-0.25, -0.2) is 0 Å². The number of morpholine rings is 1. The van der Waals surface area contributed by atoms with Crippen molar-refractivity contribution in [2.24, 2.45) is 0 Å². The van der Waals surface area contributed by atoms with Crippen molar-refractivity contribution >= 4 is 23.0 Å². The van der Waals surface area contributed by atoms with Gasteiger partial charge in [-0.15, -0.1) is 0 Å². The van der Waals surface area contributed by atoms with Gasteiger partial charge in [0.15, 0.2) is 0 Å². The lowest BCUT2D eigenvalue weighted by atomic mass is 10.1. The highest BCUT2D eigenvalue weighted by Crippen LogP contribution is 2.26. The molecule has 25 heavy (non-hydrogen) atoms. The van der Waals surface area contributed by atoms with Crippen LogP contribution in [0.25, 0.3) is 0 Å². The molecule has 0 aliphatic carbocycles. The molecule has 1 amide bonds. The number of hydrogen-bond acceptors (Lipinski definition) is 4. The lowest BCUT2D eigenvalue weighted by molar-refractivity contribution is -0.114. The number of hydrogen-bond donors (Lipinski definition) is 2. The highest BCUT2D eigenvalue weighted by molar-refractivity contribution is 5.95. The van der Waals surface area contributed by atoms with Gasteiger partial charge in [-0.1, -0.05) is 24.3 Å². The maximum absolute atomic E-state index is 12.3. The summed E-state index contributed by atoms with van der Waals surface area (Å²) in [4.78, 5) is 14.6. The molecule has 5 nitrogen and oxygen atoms in total. The molecule has 1 aliphatic heterocycles. The molecule has 3 rings (SSSR count). The van der Waals surface area contributed by atoms with E-state index in [1.165, 1.54) is 5.56 Å². The first-order chi connectivity index (χ1) is 12.1. The van der Waals surface area contributed by atoms with Crippen LogP contribution in [-0.2, 0) is 9.53 Å². The molecule has 1 saturated heterocycles. The van der Waals surface area contributed by atoms with Crippen LogP contribution in [0.1, 0.15) is 11.1 Å². The standard InChI is InChI=1S/C20H25N3O2/c1-15-6-5-8-17(16(15)2)22-20(24)14-21-18-7-3-4-9-19(18)23-10-12-25-13-11-23/h3-9,21H,10-14H2,1-2H3,(H,22,24). The largest absolute Gasteiger partial charge is 0.378 e. The minimum atomic E-state index is -0.0505. The lowest BCUT2D eigenvalue weighted by Gasteiger charge is -2.30. The summed E-state index contributed by atoms with van der Waals surface area (Å²) >= 11 is 0. The summed E-state index contributed by atoms with van der Waals surface area (Å²) in [6, 6.07) is 14.0. The number of carbonyl (C=O) groups is 1. The molecule has 2 aromatic rings. The van der Waals surface area contributed by atoms with Gasteiger partial charge in [-0.3, -0.25) is 4.79 Å². The quantitative estimate of drug-likeness (QED) is 0.878. The number of carbonyl (C=O) groups excluding carboxylic acids is 1. The molecule has 2 aromatic carbocycles. The maximum atomic E-state index is 12.3. The van der Waals surface area contributed by atoms with Crippen LogP contribution in [-0.4, -0.2) is 38.8 Å². The normalized spacial score (nSPS) is 14.2. The first kappa shape index (κ1) is 17.3. The Hall–Kier alpha value is -2.53. The molecule has 0 aromatic heterocycles. The molecule has 2 N–H and O–H groups in total. The Labute approximate surface area is 149 Å². The second-order valence-electron chi connectivity index (χ2n) is 6.27. The second-order valence-corrected chi connectivity index (χ2v) is 6.27. The highest BCUT2D eigenvalue weighted by Gasteiger charge is 2.15. The van der Waals surface area contributed by atoms with Gasteiger partial charge in [0, 0.05) is 18.8 Å². The molecule has 0 unspecified atom stereocenters. The molecular formula is C20H25N3O2. The molecule has 1 fully saturated rings. The van der Waals surface area contributed by atoms with E-state index < -0.39 is 0 Å². The summed E-state index contributed by atoms with van der Waals surface area (Å²) in [7, 11) is 0. The van der Waals surface area contributed by atoms with Crippen molar-refractivity contribution < 1.29 is 9.53 Å². The first-order valence-electron chi connectivity index (χ1n) is 8.67. The smallest absolute Gasteiger partial charge is 0.243 e. The predicted octanol–water partition coefficient (Wildman–Crippen LogP) is 3.19. The van der Waals surface area contributed by atoms with Crippen LogP contribution in [0.5, 0.6) is 0 Å². The van der Waals surface area contributed by atoms with Crippen molar-refractivity contribution in [3.8, 4) is 0 Å². The fourth-order valence-corrected chi connectivity index (χ4v) is 2.96. The molecule has 0 bridgehead atoms. The predicted molar refractivity (Wildman–Crippen MR) is 103 cm³/mol. The van der Waals surface area contributed by atoms with E-state index in [9.17, 15) is 4.79 Å². The van der Waals surface area contributed by atoms with E-state index in [1.807, 2.05) is 50.2 Å². The molecule has 0 radical (unpaired) electrons. The minimum Gasteiger partial charge on any atom is -0.378 e. The molecule has 0 saturated carbocycles. The van der Waals surface area contributed by atoms with E-state index >= 15 is 0 Å². The number of benzene rings is 2. The van der Waals surface area contributed by atoms with Crippen molar-refractivity contribution in [2.75, 3.05) is 48.4 Å². The van der Waals surface area contributed by atoms with Crippen molar-refractivity contribution in [2.45, 2.75) is 13.8 Å². The average molecular weight is 339 g/mol. The van der Waals surface area contributed by atoms with Gasteiger partial charge < -0.3 is 20.3 Å². The number of anilines is 3. The van der Waals surface area contributed by atoms with Crippen molar-refractivity contribution in [1.82, 2.24) is 0 Å². The van der Waals surface area contributed by atoms with Crippen LogP contribution in [0.15, 0.2) is 42.5 Å². The van der Waals surface area contributed by atoms with Gasteiger partial charge in [0.25, 0.3) is 0 Å². The Morgan fingerprint density at radius 3 is 2.56 bits per heavy atom. The van der Waals surface area contributed by atoms with Crippen molar-refractivity contribution in [1.29, 1.82) is 0 Å². The van der Waals surface area contributed by atoms with Crippen LogP contribution >= 0.6 is 0 Å². The summed E-state index contributed by atoms with van der Waals surface area (Å²) in [6.45, 7) is 7.51. The zero-order chi connectivity index (χ0) is 17.6. The van der Waals surface area contributed by atoms with Crippen LogP contribution in [0.4, 0.5) is 17.1 Å². The van der Waals surface area contributed by atoms with E-state index in [0.29, 0.717) is 0 Å². The molecular weight excluding hydrogens is 314 g/mol. The molecule has 132 valence electrons. The number of rotatable bonds is 5. The number of ether oxygens (including phenoxy) is 1. The van der Waals surface area contributed by atoms with Gasteiger partial charge in [0.05, 0.1) is 31.1 Å². The number of nitrogens with one attached hydrogen (secondary N) is 2. The third kappa shape index (κ3) is 4.31. The molecule has 1 heterocycles. The van der Waals surface area contributed by atoms with E-state index in [4.69, 9.17) is 4.74 Å². The second kappa shape index (κ2) is 8.03. The molecule has 0 spiro atoms. The number of amides is 1. The fourth-order valence-electron chi connectivity index (χ4n) is 2.96. The van der Waals surface area contributed by atoms with Gasteiger partial charge in [0.1, 0.15) is 0 Å². The highest BCUT2D eigenvalue weighted by atomic mass is 16.5. The Morgan fingerprint density at radius 1 is 1.04 bits per heavy atom. The topological polar surface area (TPSA) is 53.6 Å². The van der Waals surface area contributed by atoms with Crippen molar-refractivity contribution in [3.63, 3.8) is 0 Å². The van der Waals surface area contributed by atoms with Gasteiger partial charge >= 0.3 is 0 Å². The number of nitrogens with zero attached hydrogens (tertiary/aromatic N) is 1. The van der Waals surface area contributed by atoms with Crippen LogP contribution in [0.3, 0.4) is 0 Å². The van der Waals surface area contributed by atoms with Gasteiger partial charge in [-0.2, -0.15) is 0 Å². The lowest BCUT2D eigenvalue weighted by Crippen LogP contribution is -2.36. The van der Waals surface area contributed by atoms with Gasteiger partial charge in [-0.05, 0) is 43.2 Å². The summed E-state index contributed by atoms with van der Waals surface area (Å²) in [5.74, 6) is -0.0505. The van der Waals surface area contributed by atoms with Crippen LogP contribution in [0, 0.1) is 13.8 Å². The zero-order valence-electron chi connectivity index (χ0n) is 14.8. The number of para-hydroxylation sites is 2. The Balaban J connectivity index is 1.63. The van der Waals surface area contributed by atoms with Crippen LogP contribution in [0.2, 0.25) is 0 Å². The summed E-state index contributed by atoms with van der Waals surface area (Å²) in [5, 5.41) is 6.26. The minimum absolute atomic E-state index is 0.0505. The summed E-state index contributed by atoms with van der Waals surface area (Å²) in [6.07, 6.45) is 0. The zero-order valence-corrected chi connectivity index (χ0v) is 14.8. The molecule has 1 aliphatic rings. The van der Waals surface area contributed by atoms with E-state index in [1.54, 1.807) is 0 Å². The monoisotopic (exact) mass is 339 g/mol. The third-order valence-corrected chi connectivity index (χ3v) is 4.57. The van der Waals surface area contributed by atoms with Gasteiger partial charge in [0.2, 0.25) is 5.91 Å². The molecule has 5 heteroatoms. The molecule has 0 atom stereocenters. The Kier molecular flexibility index (Phi) is 5.56. The Bertz CT molecular complexity index is 739. The Morgan fingerprint density at radius 2 is 1.76 bits per heavy atom. The van der Waals surface area contributed by atoms with E-state index in [2.05, 4.69) is 21.6 Å². The average Bonchev–Trinajstić information content (AvgIpc) is 2.65. The van der Waals surface area contributed by atoms with Crippen molar-refractivity contribution in [3.05, 3.63) is 53.6 Å². The third-order valence-electron chi connectivity index (χ3n) is 4.57. The number of aryl methyl sites for hydroxylation is 1. The summed E-state index contributed by atoms with van der Waals surface area (Å²) < 4.78 is 5.42. The summed E-state index contributed by atoms with van der Waals surface area (Å²) in [5.41, 5.74) is 5.23. The maximum Gasteiger partial charge on any atom is 0.243 e. The van der Waals surface area contributed by atoms with E-state index in [-0.39, 0.29) is 12.5 Å². The first-order valence-corrected chi connectivity index (χ1v) is 8.67. The van der Waals surface area contributed by atoms with E-state index in [0.717, 1.165) is 48.9 Å².